The van der Waals surface area contributed by atoms with Gasteiger partial charge in [-0.3, -0.25) is 0 Å². The first-order chi connectivity index (χ1) is 5.33. The van der Waals surface area contributed by atoms with Crippen LogP contribution in [0.3, 0.4) is 0 Å². The SMILES string of the molecule is CCCC(C)(OC)OC(C)(C)C. The highest BCUT2D eigenvalue weighted by atomic mass is 16.7. The van der Waals surface area contributed by atoms with Gasteiger partial charge in [0.2, 0.25) is 0 Å². The fourth-order valence-corrected chi connectivity index (χ4v) is 1.30. The second-order valence-corrected chi connectivity index (χ2v) is 4.30. The van der Waals surface area contributed by atoms with E-state index < -0.39 is 5.79 Å². The van der Waals surface area contributed by atoms with Crippen LogP contribution in [-0.4, -0.2) is 18.5 Å². The van der Waals surface area contributed by atoms with Crippen molar-refractivity contribution in [1.82, 2.24) is 0 Å². The summed E-state index contributed by atoms with van der Waals surface area (Å²) in [5.74, 6) is -0.424. The van der Waals surface area contributed by atoms with Gasteiger partial charge >= 0.3 is 0 Å². The molecule has 0 saturated carbocycles. The second-order valence-electron chi connectivity index (χ2n) is 4.30. The molecule has 0 N–H and O–H groups in total. The van der Waals surface area contributed by atoms with Crippen LogP contribution in [0.15, 0.2) is 0 Å². The molecule has 0 amide bonds. The Hall–Kier alpha value is -0.0800. The Bertz CT molecular complexity index is 126. The molecule has 0 radical (unpaired) electrons. The van der Waals surface area contributed by atoms with E-state index in [-0.39, 0.29) is 5.60 Å². The summed E-state index contributed by atoms with van der Waals surface area (Å²) in [4.78, 5) is 0. The van der Waals surface area contributed by atoms with Crippen molar-refractivity contribution in [2.45, 2.75) is 58.8 Å². The molecule has 74 valence electrons. The molecule has 0 aliphatic rings. The molecule has 0 heterocycles. The van der Waals surface area contributed by atoms with Gasteiger partial charge in [0.15, 0.2) is 5.79 Å². The monoisotopic (exact) mass is 174 g/mol. The maximum atomic E-state index is 5.79. The lowest BCUT2D eigenvalue weighted by atomic mass is 10.1. The van der Waals surface area contributed by atoms with Crippen molar-refractivity contribution in [2.75, 3.05) is 7.11 Å². The van der Waals surface area contributed by atoms with Crippen LogP contribution in [0.5, 0.6) is 0 Å². The Morgan fingerprint density at radius 1 is 1.08 bits per heavy atom. The molecule has 0 rings (SSSR count). The summed E-state index contributed by atoms with van der Waals surface area (Å²) in [7, 11) is 1.70. The molecule has 0 fully saturated rings. The lowest BCUT2D eigenvalue weighted by Crippen LogP contribution is -2.38. The summed E-state index contributed by atoms with van der Waals surface area (Å²) in [6.07, 6.45) is 2.00. The third-order valence-corrected chi connectivity index (χ3v) is 1.66. The number of methoxy groups -OCH3 is 1. The fraction of sp³-hybridized carbons (Fsp3) is 1.00. The van der Waals surface area contributed by atoms with Gasteiger partial charge in [-0.1, -0.05) is 13.3 Å². The van der Waals surface area contributed by atoms with Crippen LogP contribution >= 0.6 is 0 Å². The van der Waals surface area contributed by atoms with E-state index in [1.165, 1.54) is 0 Å². The third-order valence-electron chi connectivity index (χ3n) is 1.66. The van der Waals surface area contributed by atoms with Crippen molar-refractivity contribution in [3.63, 3.8) is 0 Å². The van der Waals surface area contributed by atoms with Gasteiger partial charge < -0.3 is 9.47 Å². The Kier molecular flexibility index (Phi) is 4.21. The van der Waals surface area contributed by atoms with Crippen molar-refractivity contribution < 1.29 is 9.47 Å². The molecular weight excluding hydrogens is 152 g/mol. The zero-order valence-corrected chi connectivity index (χ0v) is 9.23. The molecule has 12 heavy (non-hydrogen) atoms. The van der Waals surface area contributed by atoms with Crippen molar-refractivity contribution in [3.05, 3.63) is 0 Å². The number of hydrogen-bond acceptors (Lipinski definition) is 2. The summed E-state index contributed by atoms with van der Waals surface area (Å²) < 4.78 is 11.1. The van der Waals surface area contributed by atoms with Crippen molar-refractivity contribution in [3.8, 4) is 0 Å². The maximum absolute atomic E-state index is 5.79. The van der Waals surface area contributed by atoms with Crippen LogP contribution in [0, 0.1) is 0 Å². The average Bonchev–Trinajstić information content (AvgIpc) is 1.84. The van der Waals surface area contributed by atoms with Gasteiger partial charge in [-0.25, -0.2) is 0 Å². The molecule has 2 heteroatoms. The fourth-order valence-electron chi connectivity index (χ4n) is 1.30. The normalized spacial score (nSPS) is 17.5. The molecule has 0 aliphatic heterocycles. The highest BCUT2D eigenvalue weighted by Gasteiger charge is 2.29. The largest absolute Gasteiger partial charge is 0.353 e. The van der Waals surface area contributed by atoms with Gasteiger partial charge in [-0.05, 0) is 27.7 Å². The van der Waals surface area contributed by atoms with Gasteiger partial charge in [-0.15, -0.1) is 0 Å². The third kappa shape index (κ3) is 4.73. The molecule has 1 unspecified atom stereocenters. The Morgan fingerprint density at radius 3 is 1.83 bits per heavy atom. The zero-order valence-electron chi connectivity index (χ0n) is 9.23. The topological polar surface area (TPSA) is 18.5 Å². The Labute approximate surface area is 76.3 Å². The standard InChI is InChI=1S/C10H22O2/c1-7-8-10(5,11-6)12-9(2,3)4/h7-8H2,1-6H3. The van der Waals surface area contributed by atoms with E-state index in [0.29, 0.717) is 0 Å². The smallest absolute Gasteiger partial charge is 0.165 e. The van der Waals surface area contributed by atoms with E-state index >= 15 is 0 Å². The Balaban J connectivity index is 4.14. The number of rotatable bonds is 4. The van der Waals surface area contributed by atoms with Gasteiger partial charge in [0, 0.05) is 13.5 Å². The van der Waals surface area contributed by atoms with E-state index in [0.717, 1.165) is 12.8 Å². The maximum Gasteiger partial charge on any atom is 0.165 e. The summed E-state index contributed by atoms with van der Waals surface area (Å²) in [6, 6.07) is 0. The number of ether oxygens (including phenoxy) is 2. The van der Waals surface area contributed by atoms with Gasteiger partial charge in [-0.2, -0.15) is 0 Å². The highest BCUT2D eigenvalue weighted by molar-refractivity contribution is 4.69. The van der Waals surface area contributed by atoms with E-state index in [9.17, 15) is 0 Å². The quantitative estimate of drug-likeness (QED) is 0.610. The van der Waals surface area contributed by atoms with Crippen LogP contribution in [-0.2, 0) is 9.47 Å². The molecule has 0 saturated heterocycles. The first-order valence-electron chi connectivity index (χ1n) is 4.58. The van der Waals surface area contributed by atoms with Crippen molar-refractivity contribution >= 4 is 0 Å². The highest BCUT2D eigenvalue weighted by Crippen LogP contribution is 2.24. The lowest BCUT2D eigenvalue weighted by molar-refractivity contribution is -0.259. The molecule has 2 nitrogen and oxygen atoms in total. The van der Waals surface area contributed by atoms with Crippen LogP contribution < -0.4 is 0 Å². The first kappa shape index (κ1) is 11.9. The van der Waals surface area contributed by atoms with Gasteiger partial charge in [0.25, 0.3) is 0 Å². The average molecular weight is 174 g/mol. The number of hydrogen-bond donors (Lipinski definition) is 0. The predicted octanol–water partition coefficient (Wildman–Crippen LogP) is 2.96. The first-order valence-corrected chi connectivity index (χ1v) is 4.58. The van der Waals surface area contributed by atoms with Crippen LogP contribution in [0.25, 0.3) is 0 Å². The molecule has 0 aliphatic carbocycles. The summed E-state index contributed by atoms with van der Waals surface area (Å²) in [6.45, 7) is 10.2. The van der Waals surface area contributed by atoms with Crippen LogP contribution in [0.2, 0.25) is 0 Å². The minimum atomic E-state index is -0.424. The van der Waals surface area contributed by atoms with Gasteiger partial charge in [0.05, 0.1) is 5.60 Å². The zero-order chi connectivity index (χ0) is 9.83. The summed E-state index contributed by atoms with van der Waals surface area (Å²) in [5, 5.41) is 0. The minimum absolute atomic E-state index is 0.139. The van der Waals surface area contributed by atoms with E-state index in [1.54, 1.807) is 7.11 Å². The summed E-state index contributed by atoms with van der Waals surface area (Å²) >= 11 is 0. The predicted molar refractivity (Wildman–Crippen MR) is 51.2 cm³/mol. The van der Waals surface area contributed by atoms with E-state index in [2.05, 4.69) is 6.92 Å². The molecule has 0 aromatic heterocycles. The van der Waals surface area contributed by atoms with Crippen LogP contribution in [0.1, 0.15) is 47.5 Å². The lowest BCUT2D eigenvalue weighted by Gasteiger charge is -2.35. The van der Waals surface area contributed by atoms with Crippen molar-refractivity contribution in [2.24, 2.45) is 0 Å². The van der Waals surface area contributed by atoms with Crippen molar-refractivity contribution in [1.29, 1.82) is 0 Å². The molecule has 0 spiro atoms. The van der Waals surface area contributed by atoms with Crippen LogP contribution in [0.4, 0.5) is 0 Å². The molecule has 0 aromatic carbocycles. The molecule has 1 atom stereocenters. The minimum Gasteiger partial charge on any atom is -0.353 e. The Morgan fingerprint density at radius 2 is 1.58 bits per heavy atom. The molecule has 0 aromatic rings. The van der Waals surface area contributed by atoms with E-state index in [4.69, 9.17) is 9.47 Å². The summed E-state index contributed by atoms with van der Waals surface area (Å²) in [5.41, 5.74) is -0.139. The van der Waals surface area contributed by atoms with E-state index in [1.807, 2.05) is 27.7 Å². The molecule has 0 bridgehead atoms. The second kappa shape index (κ2) is 4.24. The molecular formula is C10H22O2. The van der Waals surface area contributed by atoms with Gasteiger partial charge in [0.1, 0.15) is 0 Å².